The van der Waals surface area contributed by atoms with E-state index in [0.717, 1.165) is 68.9 Å². The molecular formula is C34H38N6O. The highest BCUT2D eigenvalue weighted by atomic mass is 16.2. The molecule has 0 saturated carbocycles. The minimum Gasteiger partial charge on any atom is -0.361 e. The van der Waals surface area contributed by atoms with Gasteiger partial charge in [0, 0.05) is 42.4 Å². The Balaban J connectivity index is 1.33. The maximum Gasteiger partial charge on any atom is 0.223 e. The third-order valence-corrected chi connectivity index (χ3v) is 8.24. The number of aromatic amines is 1. The summed E-state index contributed by atoms with van der Waals surface area (Å²) < 4.78 is 2.26. The van der Waals surface area contributed by atoms with Crippen molar-refractivity contribution in [3.8, 4) is 0 Å². The van der Waals surface area contributed by atoms with Crippen molar-refractivity contribution >= 4 is 16.8 Å². The minimum atomic E-state index is -0.287. The fraction of sp³-hybridized carbons (Fsp3) is 0.324. The quantitative estimate of drug-likeness (QED) is 0.213. The van der Waals surface area contributed by atoms with Gasteiger partial charge in [-0.1, -0.05) is 78.9 Å². The number of aromatic nitrogens is 4. The maximum atomic E-state index is 13.6. The number of hydrogen-bond donors (Lipinski definition) is 3. The first-order valence-electron chi connectivity index (χ1n) is 14.8. The summed E-state index contributed by atoms with van der Waals surface area (Å²) in [6.45, 7) is 2.51. The van der Waals surface area contributed by atoms with Crippen LogP contribution in [0.5, 0.6) is 0 Å². The Kier molecular flexibility index (Phi) is 8.52. The van der Waals surface area contributed by atoms with Crippen molar-refractivity contribution in [1.82, 2.24) is 30.4 Å². The van der Waals surface area contributed by atoms with E-state index < -0.39 is 0 Å². The van der Waals surface area contributed by atoms with Crippen molar-refractivity contribution < 1.29 is 4.79 Å². The molecule has 3 heterocycles. The molecule has 1 atom stereocenters. The topological polar surface area (TPSA) is 87.6 Å². The van der Waals surface area contributed by atoms with Crippen LogP contribution in [0.15, 0.2) is 91.1 Å². The number of nitrogens with zero attached hydrogens (tertiary/aromatic N) is 3. The number of piperidine rings is 1. The fourth-order valence-corrected chi connectivity index (χ4v) is 5.92. The van der Waals surface area contributed by atoms with E-state index in [1.54, 1.807) is 0 Å². The van der Waals surface area contributed by atoms with Crippen LogP contribution in [0.1, 0.15) is 47.2 Å². The van der Waals surface area contributed by atoms with E-state index in [1.165, 1.54) is 22.1 Å². The van der Waals surface area contributed by atoms with E-state index in [4.69, 9.17) is 10.2 Å². The molecule has 210 valence electrons. The summed E-state index contributed by atoms with van der Waals surface area (Å²) in [5, 5.41) is 17.5. The molecule has 0 aliphatic carbocycles. The van der Waals surface area contributed by atoms with Gasteiger partial charge in [0.1, 0.15) is 5.82 Å². The van der Waals surface area contributed by atoms with Gasteiger partial charge in [-0.2, -0.15) is 0 Å². The van der Waals surface area contributed by atoms with Crippen molar-refractivity contribution in [3.05, 3.63) is 119 Å². The molecule has 3 aromatic carbocycles. The molecule has 1 amide bonds. The van der Waals surface area contributed by atoms with Gasteiger partial charge in [-0.15, -0.1) is 10.2 Å². The molecule has 1 unspecified atom stereocenters. The highest BCUT2D eigenvalue weighted by molar-refractivity contribution is 5.83. The van der Waals surface area contributed by atoms with E-state index in [2.05, 4.69) is 93.1 Å². The highest BCUT2D eigenvalue weighted by Crippen LogP contribution is 2.26. The monoisotopic (exact) mass is 546 g/mol. The Morgan fingerprint density at radius 3 is 2.29 bits per heavy atom. The first-order valence-corrected chi connectivity index (χ1v) is 14.8. The Morgan fingerprint density at radius 1 is 0.854 bits per heavy atom. The number of carbonyl (C=O) groups is 1. The van der Waals surface area contributed by atoms with Crippen LogP contribution in [0.25, 0.3) is 10.9 Å². The molecular weight excluding hydrogens is 508 g/mol. The molecule has 0 bridgehead atoms. The summed E-state index contributed by atoms with van der Waals surface area (Å²) in [4.78, 5) is 17.0. The number of H-pyrrole nitrogens is 1. The van der Waals surface area contributed by atoms with Crippen LogP contribution in [0.3, 0.4) is 0 Å². The highest BCUT2D eigenvalue weighted by Gasteiger charge is 2.28. The number of para-hydroxylation sites is 1. The normalized spacial score (nSPS) is 14.7. The van der Waals surface area contributed by atoms with E-state index >= 15 is 0 Å². The number of carbonyl (C=O) groups excluding carboxylic acids is 1. The number of aryl methyl sites for hydroxylation is 3. The standard InChI is InChI=1S/C34H38N6O/c41-34(27-17-20-35-21-18-27)37-31(23-28-24-36-30-14-8-7-13-29(28)30)33-39-38-32(16-15-25-9-3-1-4-10-25)40(33)22-19-26-11-5-2-6-12-26/h1-14,24,27,31,35-36H,15-23H2,(H,37,41). The summed E-state index contributed by atoms with van der Waals surface area (Å²) in [5.41, 5.74) is 4.81. The van der Waals surface area contributed by atoms with Crippen LogP contribution >= 0.6 is 0 Å². The molecule has 3 N–H and O–H groups in total. The van der Waals surface area contributed by atoms with Gasteiger partial charge in [0.2, 0.25) is 5.91 Å². The molecule has 6 rings (SSSR count). The van der Waals surface area contributed by atoms with Gasteiger partial charge in [0.25, 0.3) is 0 Å². The van der Waals surface area contributed by atoms with Gasteiger partial charge in [0.15, 0.2) is 5.82 Å². The summed E-state index contributed by atoms with van der Waals surface area (Å²) in [7, 11) is 0. The lowest BCUT2D eigenvalue weighted by molar-refractivity contribution is -0.126. The number of rotatable bonds is 11. The second-order valence-corrected chi connectivity index (χ2v) is 11.0. The summed E-state index contributed by atoms with van der Waals surface area (Å²) in [6, 6.07) is 29.1. The van der Waals surface area contributed by atoms with Crippen molar-refractivity contribution in [3.63, 3.8) is 0 Å². The van der Waals surface area contributed by atoms with E-state index in [9.17, 15) is 4.79 Å². The van der Waals surface area contributed by atoms with Gasteiger partial charge in [0.05, 0.1) is 6.04 Å². The van der Waals surface area contributed by atoms with Crippen molar-refractivity contribution in [2.45, 2.75) is 51.1 Å². The molecule has 0 radical (unpaired) electrons. The van der Waals surface area contributed by atoms with E-state index in [-0.39, 0.29) is 17.9 Å². The van der Waals surface area contributed by atoms with E-state index in [0.29, 0.717) is 6.42 Å². The molecule has 2 aromatic heterocycles. The average molecular weight is 547 g/mol. The van der Waals surface area contributed by atoms with Gasteiger partial charge in [-0.05, 0) is 61.5 Å². The molecule has 0 spiro atoms. The SMILES string of the molecule is O=C(NC(Cc1c[nH]c2ccccc12)c1nnc(CCc2ccccc2)n1CCc1ccccc1)C1CCNCC1. The Morgan fingerprint density at radius 2 is 1.54 bits per heavy atom. The lowest BCUT2D eigenvalue weighted by Crippen LogP contribution is -2.41. The third kappa shape index (κ3) is 6.57. The minimum absolute atomic E-state index is 0.0139. The molecule has 7 heteroatoms. The first kappa shape index (κ1) is 27.0. The predicted molar refractivity (Wildman–Crippen MR) is 162 cm³/mol. The van der Waals surface area contributed by atoms with Crippen LogP contribution in [0.4, 0.5) is 0 Å². The average Bonchev–Trinajstić information content (AvgIpc) is 3.64. The van der Waals surface area contributed by atoms with Gasteiger partial charge >= 0.3 is 0 Å². The Labute approximate surface area is 241 Å². The van der Waals surface area contributed by atoms with Crippen LogP contribution in [-0.2, 0) is 37.0 Å². The molecule has 5 aromatic rings. The molecule has 1 saturated heterocycles. The number of fused-ring (bicyclic) bond motifs is 1. The molecule has 1 aliphatic rings. The van der Waals surface area contributed by atoms with Crippen molar-refractivity contribution in [2.24, 2.45) is 5.92 Å². The van der Waals surface area contributed by atoms with Crippen LogP contribution in [-0.4, -0.2) is 38.7 Å². The van der Waals surface area contributed by atoms with Gasteiger partial charge in [-0.3, -0.25) is 4.79 Å². The van der Waals surface area contributed by atoms with E-state index in [1.807, 2.05) is 18.2 Å². The predicted octanol–water partition coefficient (Wildman–Crippen LogP) is 5.19. The first-order chi connectivity index (χ1) is 20.2. The lowest BCUT2D eigenvalue weighted by atomic mass is 9.96. The number of hydrogen-bond acceptors (Lipinski definition) is 4. The number of amides is 1. The fourth-order valence-electron chi connectivity index (χ4n) is 5.92. The molecule has 1 aliphatic heterocycles. The van der Waals surface area contributed by atoms with Crippen LogP contribution < -0.4 is 10.6 Å². The number of benzene rings is 3. The largest absolute Gasteiger partial charge is 0.361 e. The van der Waals surface area contributed by atoms with Crippen LogP contribution in [0.2, 0.25) is 0 Å². The smallest absolute Gasteiger partial charge is 0.223 e. The molecule has 41 heavy (non-hydrogen) atoms. The maximum absolute atomic E-state index is 13.6. The van der Waals surface area contributed by atoms with Gasteiger partial charge < -0.3 is 20.2 Å². The van der Waals surface area contributed by atoms with Crippen LogP contribution in [0, 0.1) is 5.92 Å². The Hall–Kier alpha value is -4.23. The van der Waals surface area contributed by atoms with Gasteiger partial charge in [-0.25, -0.2) is 0 Å². The molecule has 1 fully saturated rings. The molecule has 7 nitrogen and oxygen atoms in total. The summed E-state index contributed by atoms with van der Waals surface area (Å²) >= 11 is 0. The second-order valence-electron chi connectivity index (χ2n) is 11.0. The van der Waals surface area contributed by atoms with Crippen molar-refractivity contribution in [2.75, 3.05) is 13.1 Å². The lowest BCUT2D eigenvalue weighted by Gasteiger charge is -2.26. The zero-order chi connectivity index (χ0) is 27.9. The summed E-state index contributed by atoms with van der Waals surface area (Å²) in [6.07, 6.45) is 6.96. The Bertz CT molecular complexity index is 1550. The zero-order valence-corrected chi connectivity index (χ0v) is 23.4. The number of nitrogens with one attached hydrogen (secondary N) is 3. The van der Waals surface area contributed by atoms with Crippen molar-refractivity contribution in [1.29, 1.82) is 0 Å². The second kappa shape index (κ2) is 13.0. The zero-order valence-electron chi connectivity index (χ0n) is 23.4. The third-order valence-electron chi connectivity index (χ3n) is 8.24. The summed E-state index contributed by atoms with van der Waals surface area (Å²) in [5.74, 6) is 1.91.